The van der Waals surface area contributed by atoms with Crippen molar-refractivity contribution in [3.05, 3.63) is 65.5 Å². The monoisotopic (exact) mass is 335 g/mol. The van der Waals surface area contributed by atoms with E-state index in [0.717, 1.165) is 16.8 Å². The van der Waals surface area contributed by atoms with E-state index in [-0.39, 0.29) is 5.91 Å². The number of anilines is 1. The van der Waals surface area contributed by atoms with E-state index >= 15 is 0 Å². The third-order valence-electron chi connectivity index (χ3n) is 3.95. The largest absolute Gasteiger partial charge is 0.339 e. The Balaban J connectivity index is 1.49. The molecule has 0 radical (unpaired) electrons. The summed E-state index contributed by atoms with van der Waals surface area (Å²) < 4.78 is 5.26. The Bertz CT molecular complexity index is 856. The molecule has 1 amide bonds. The average molecular weight is 335 g/mol. The number of aryl methyl sites for hydroxylation is 3. The predicted octanol–water partition coefficient (Wildman–Crippen LogP) is 4.31. The quantitative estimate of drug-likeness (QED) is 0.728. The van der Waals surface area contributed by atoms with Crippen molar-refractivity contribution in [1.29, 1.82) is 0 Å². The van der Waals surface area contributed by atoms with E-state index in [0.29, 0.717) is 31.0 Å². The second kappa shape index (κ2) is 7.75. The molecule has 128 valence electrons. The van der Waals surface area contributed by atoms with Gasteiger partial charge in [0.25, 0.3) is 0 Å². The van der Waals surface area contributed by atoms with Crippen LogP contribution in [0.15, 0.2) is 53.1 Å². The minimum absolute atomic E-state index is 0.00486. The van der Waals surface area contributed by atoms with E-state index in [1.54, 1.807) is 0 Å². The number of rotatable bonds is 6. The summed E-state index contributed by atoms with van der Waals surface area (Å²) in [5.74, 6) is 1.13. The Hall–Kier alpha value is -2.95. The maximum atomic E-state index is 12.1. The molecule has 1 N–H and O–H groups in total. The Morgan fingerprint density at radius 3 is 2.68 bits per heavy atom. The van der Waals surface area contributed by atoms with Crippen LogP contribution in [-0.2, 0) is 11.2 Å². The molecule has 0 bridgehead atoms. The zero-order chi connectivity index (χ0) is 17.6. The van der Waals surface area contributed by atoms with Gasteiger partial charge in [-0.3, -0.25) is 4.79 Å². The van der Waals surface area contributed by atoms with Gasteiger partial charge >= 0.3 is 0 Å². The molecule has 5 heteroatoms. The fourth-order valence-electron chi connectivity index (χ4n) is 2.63. The summed E-state index contributed by atoms with van der Waals surface area (Å²) in [4.78, 5) is 16.5. The molecule has 5 nitrogen and oxygen atoms in total. The third kappa shape index (κ3) is 4.53. The second-order valence-corrected chi connectivity index (χ2v) is 6.10. The van der Waals surface area contributed by atoms with Gasteiger partial charge < -0.3 is 9.84 Å². The molecule has 0 atom stereocenters. The molecule has 3 aromatic rings. The normalized spacial score (nSPS) is 10.6. The molecule has 2 aromatic carbocycles. The van der Waals surface area contributed by atoms with Gasteiger partial charge in [-0.1, -0.05) is 53.2 Å². The number of aromatic nitrogens is 2. The standard InChI is InChI=1S/C20H21N3O2/c1-14-11-12-17(15(2)13-14)21-18(24)9-6-10-19-22-20(23-25-19)16-7-4-3-5-8-16/h3-5,7-8,11-13H,6,9-10H2,1-2H3,(H,21,24). The highest BCUT2D eigenvalue weighted by Gasteiger charge is 2.10. The molecule has 0 saturated heterocycles. The van der Waals surface area contributed by atoms with Crippen LogP contribution in [0.5, 0.6) is 0 Å². The average Bonchev–Trinajstić information content (AvgIpc) is 3.07. The summed E-state index contributed by atoms with van der Waals surface area (Å²) in [5.41, 5.74) is 4.03. The Kier molecular flexibility index (Phi) is 5.23. The van der Waals surface area contributed by atoms with Crippen LogP contribution in [-0.4, -0.2) is 16.0 Å². The molecule has 0 aliphatic carbocycles. The van der Waals surface area contributed by atoms with Crippen LogP contribution < -0.4 is 5.32 Å². The lowest BCUT2D eigenvalue weighted by Gasteiger charge is -2.08. The van der Waals surface area contributed by atoms with E-state index < -0.39 is 0 Å². The zero-order valence-corrected chi connectivity index (χ0v) is 14.5. The van der Waals surface area contributed by atoms with Gasteiger partial charge in [-0.15, -0.1) is 0 Å². The number of carbonyl (C=O) groups excluding carboxylic acids is 1. The van der Waals surface area contributed by atoms with Gasteiger partial charge in [-0.2, -0.15) is 4.98 Å². The van der Waals surface area contributed by atoms with Crippen LogP contribution in [0.2, 0.25) is 0 Å². The Labute approximate surface area is 147 Å². The highest BCUT2D eigenvalue weighted by atomic mass is 16.5. The van der Waals surface area contributed by atoms with Crippen LogP contribution >= 0.6 is 0 Å². The molecule has 3 rings (SSSR count). The summed E-state index contributed by atoms with van der Waals surface area (Å²) >= 11 is 0. The van der Waals surface area contributed by atoms with Gasteiger partial charge in [-0.05, 0) is 31.9 Å². The molecule has 0 fully saturated rings. The first-order chi connectivity index (χ1) is 12.1. The van der Waals surface area contributed by atoms with Crippen LogP contribution in [0.3, 0.4) is 0 Å². The minimum atomic E-state index is -0.00486. The van der Waals surface area contributed by atoms with Crippen molar-refractivity contribution in [2.45, 2.75) is 33.1 Å². The van der Waals surface area contributed by atoms with Gasteiger partial charge in [0.05, 0.1) is 0 Å². The van der Waals surface area contributed by atoms with Gasteiger partial charge in [0.15, 0.2) is 0 Å². The minimum Gasteiger partial charge on any atom is -0.339 e. The van der Waals surface area contributed by atoms with Gasteiger partial charge in [0, 0.05) is 24.1 Å². The number of hydrogen-bond donors (Lipinski definition) is 1. The predicted molar refractivity (Wildman–Crippen MR) is 97.2 cm³/mol. The maximum Gasteiger partial charge on any atom is 0.226 e. The van der Waals surface area contributed by atoms with Crippen LogP contribution in [0.25, 0.3) is 11.4 Å². The summed E-state index contributed by atoms with van der Waals surface area (Å²) in [6.07, 6.45) is 1.66. The second-order valence-electron chi connectivity index (χ2n) is 6.10. The highest BCUT2D eigenvalue weighted by Crippen LogP contribution is 2.17. The van der Waals surface area contributed by atoms with E-state index in [9.17, 15) is 4.79 Å². The smallest absolute Gasteiger partial charge is 0.226 e. The van der Waals surface area contributed by atoms with Crippen LogP contribution in [0, 0.1) is 13.8 Å². The first-order valence-corrected chi connectivity index (χ1v) is 8.37. The molecule has 0 unspecified atom stereocenters. The maximum absolute atomic E-state index is 12.1. The van der Waals surface area contributed by atoms with Crippen molar-refractivity contribution >= 4 is 11.6 Å². The molecule has 25 heavy (non-hydrogen) atoms. The van der Waals surface area contributed by atoms with Crippen molar-refractivity contribution < 1.29 is 9.32 Å². The van der Waals surface area contributed by atoms with E-state index in [4.69, 9.17) is 4.52 Å². The van der Waals surface area contributed by atoms with E-state index in [2.05, 4.69) is 21.5 Å². The SMILES string of the molecule is Cc1ccc(NC(=O)CCCc2nc(-c3ccccc3)no2)c(C)c1. The molecule has 0 aliphatic rings. The lowest BCUT2D eigenvalue weighted by Crippen LogP contribution is -2.12. The lowest BCUT2D eigenvalue weighted by molar-refractivity contribution is -0.116. The van der Waals surface area contributed by atoms with Crippen molar-refractivity contribution in [3.63, 3.8) is 0 Å². The molecular formula is C20H21N3O2. The topological polar surface area (TPSA) is 68.0 Å². The highest BCUT2D eigenvalue weighted by molar-refractivity contribution is 5.91. The molecule has 0 aliphatic heterocycles. The Morgan fingerprint density at radius 1 is 1.12 bits per heavy atom. The molecule has 1 heterocycles. The van der Waals surface area contributed by atoms with Crippen molar-refractivity contribution in [2.75, 3.05) is 5.32 Å². The van der Waals surface area contributed by atoms with E-state index in [1.807, 2.05) is 56.3 Å². The number of amides is 1. The number of nitrogens with one attached hydrogen (secondary N) is 1. The summed E-state index contributed by atoms with van der Waals surface area (Å²) in [6.45, 7) is 4.03. The van der Waals surface area contributed by atoms with Gasteiger partial charge in [0.1, 0.15) is 0 Å². The molecule has 0 spiro atoms. The number of nitrogens with zero attached hydrogens (tertiary/aromatic N) is 2. The fraction of sp³-hybridized carbons (Fsp3) is 0.250. The van der Waals surface area contributed by atoms with E-state index in [1.165, 1.54) is 5.56 Å². The van der Waals surface area contributed by atoms with Crippen molar-refractivity contribution in [1.82, 2.24) is 10.1 Å². The summed E-state index contributed by atoms with van der Waals surface area (Å²) in [5, 5.41) is 6.93. The molecule has 0 saturated carbocycles. The molecular weight excluding hydrogens is 314 g/mol. The van der Waals surface area contributed by atoms with Crippen LogP contribution in [0.4, 0.5) is 5.69 Å². The van der Waals surface area contributed by atoms with Crippen molar-refractivity contribution in [2.24, 2.45) is 0 Å². The van der Waals surface area contributed by atoms with Crippen LogP contribution in [0.1, 0.15) is 29.9 Å². The first-order valence-electron chi connectivity index (χ1n) is 8.37. The first kappa shape index (κ1) is 16.9. The fourth-order valence-corrected chi connectivity index (χ4v) is 2.63. The summed E-state index contributed by atoms with van der Waals surface area (Å²) in [7, 11) is 0. The lowest BCUT2D eigenvalue weighted by atomic mass is 10.1. The third-order valence-corrected chi connectivity index (χ3v) is 3.95. The number of carbonyl (C=O) groups is 1. The Morgan fingerprint density at radius 2 is 1.92 bits per heavy atom. The number of hydrogen-bond acceptors (Lipinski definition) is 4. The van der Waals surface area contributed by atoms with Gasteiger partial charge in [0.2, 0.25) is 17.6 Å². The number of benzene rings is 2. The zero-order valence-electron chi connectivity index (χ0n) is 14.5. The van der Waals surface area contributed by atoms with Crippen molar-refractivity contribution in [3.8, 4) is 11.4 Å². The van der Waals surface area contributed by atoms with Gasteiger partial charge in [-0.25, -0.2) is 0 Å². The summed E-state index contributed by atoms with van der Waals surface area (Å²) in [6, 6.07) is 15.7. The molecule has 1 aromatic heterocycles.